The van der Waals surface area contributed by atoms with Crippen LogP contribution < -0.4 is 19.3 Å². The van der Waals surface area contributed by atoms with E-state index in [1.807, 2.05) is 60.7 Å². The molecule has 0 spiro atoms. The van der Waals surface area contributed by atoms with Crippen molar-refractivity contribution in [3.8, 4) is 22.6 Å². The smallest absolute Gasteiger partial charge is 0.343 e. The third-order valence-electron chi connectivity index (χ3n) is 15.5. The number of esters is 2. The molecule has 12 heteroatoms. The van der Waals surface area contributed by atoms with Crippen molar-refractivity contribution in [3.63, 3.8) is 0 Å². The highest BCUT2D eigenvalue weighted by Crippen LogP contribution is 2.56. The molecule has 0 saturated carbocycles. The summed E-state index contributed by atoms with van der Waals surface area (Å²) in [5.74, 6) is -3.68. The van der Waals surface area contributed by atoms with Crippen LogP contribution in [0.15, 0.2) is 255 Å². The van der Waals surface area contributed by atoms with Gasteiger partial charge in [0.05, 0.1) is 50.2 Å². The second-order valence-corrected chi connectivity index (χ2v) is 20.4. The van der Waals surface area contributed by atoms with E-state index >= 15 is 0 Å². The molecule has 0 N–H and O–H groups in total. The third-order valence-corrected chi connectivity index (χ3v) is 15.5. The first-order valence-corrected chi connectivity index (χ1v) is 27.1. The highest BCUT2D eigenvalue weighted by molar-refractivity contribution is 6.35. The number of allylic oxidation sites excluding steroid dienone is 2. The molecule has 0 unspecified atom stereocenters. The van der Waals surface area contributed by atoms with E-state index in [0.717, 1.165) is 43.2 Å². The maximum atomic E-state index is 13.9. The van der Waals surface area contributed by atoms with Crippen LogP contribution in [0.5, 0.6) is 11.5 Å². The van der Waals surface area contributed by atoms with Crippen molar-refractivity contribution in [1.82, 2.24) is 0 Å². The Bertz CT molecular complexity index is 4450. The lowest BCUT2D eigenvalue weighted by molar-refractivity contribution is 0.0725. The molecule has 0 fully saturated rings. The average Bonchev–Trinajstić information content (AvgIpc) is 1.75. The van der Waals surface area contributed by atoms with Gasteiger partial charge in [-0.1, -0.05) is 170 Å². The van der Waals surface area contributed by atoms with Crippen LogP contribution in [0.4, 0.5) is 11.4 Å². The predicted molar refractivity (Wildman–Crippen MR) is 321 cm³/mol. The van der Waals surface area contributed by atoms with E-state index in [1.54, 1.807) is 133 Å². The van der Waals surface area contributed by atoms with E-state index in [-0.39, 0.29) is 56.4 Å². The Balaban J connectivity index is 0.711. The van der Waals surface area contributed by atoms with Crippen LogP contribution in [0.1, 0.15) is 116 Å². The van der Waals surface area contributed by atoms with Crippen molar-refractivity contribution in [2.45, 2.75) is 5.41 Å². The molecule has 4 amide bonds. The molecule has 85 heavy (non-hydrogen) atoms. The molecule has 0 atom stereocenters. The Hall–Kier alpha value is -11.8. The second-order valence-electron chi connectivity index (χ2n) is 20.4. The second kappa shape index (κ2) is 21.6. The zero-order valence-corrected chi connectivity index (χ0v) is 44.9. The van der Waals surface area contributed by atoms with Crippen LogP contribution in [0, 0.1) is 0 Å². The zero-order valence-electron chi connectivity index (χ0n) is 44.9. The molecule has 10 aromatic rings. The van der Waals surface area contributed by atoms with Crippen molar-refractivity contribution in [2.75, 3.05) is 9.80 Å². The monoisotopic (exact) mass is 1110 g/mol. The largest absolute Gasteiger partial charge is 0.423 e. The summed E-state index contributed by atoms with van der Waals surface area (Å²) in [5.41, 5.74) is 8.66. The molecule has 2 heterocycles. The molecule has 406 valence electrons. The quantitative estimate of drug-likeness (QED) is 0.0337. The Kier molecular flexibility index (Phi) is 13.4. The first-order valence-electron chi connectivity index (χ1n) is 27.1. The maximum Gasteiger partial charge on any atom is 0.343 e. The van der Waals surface area contributed by atoms with Crippen LogP contribution in [0.3, 0.4) is 0 Å². The summed E-state index contributed by atoms with van der Waals surface area (Å²) in [5, 5.41) is 0. The summed E-state index contributed by atoms with van der Waals surface area (Å²) < 4.78 is 11.8. The van der Waals surface area contributed by atoms with Gasteiger partial charge < -0.3 is 9.47 Å². The minimum absolute atomic E-state index is 0.0563. The molecule has 0 saturated heterocycles. The Morgan fingerprint density at radius 2 is 0.718 bits per heavy atom. The lowest BCUT2D eigenvalue weighted by Gasteiger charge is -2.34. The third kappa shape index (κ3) is 9.45. The van der Waals surface area contributed by atoms with E-state index in [2.05, 4.69) is 24.3 Å². The Morgan fingerprint density at radius 3 is 1.22 bits per heavy atom. The number of amides is 4. The van der Waals surface area contributed by atoms with Gasteiger partial charge in [0.2, 0.25) is 0 Å². The number of ether oxygens (including phenoxy) is 2. The summed E-state index contributed by atoms with van der Waals surface area (Å²) in [7, 11) is 0. The van der Waals surface area contributed by atoms with Crippen molar-refractivity contribution in [1.29, 1.82) is 0 Å². The molecular formula is C73H44N2O10. The fourth-order valence-corrected chi connectivity index (χ4v) is 11.3. The van der Waals surface area contributed by atoms with E-state index in [4.69, 9.17) is 9.47 Å². The number of hydrogen-bond donors (Lipinski definition) is 0. The van der Waals surface area contributed by atoms with Gasteiger partial charge in [0.1, 0.15) is 11.5 Å². The van der Waals surface area contributed by atoms with Gasteiger partial charge in [-0.05, 0) is 142 Å². The van der Waals surface area contributed by atoms with E-state index in [0.29, 0.717) is 33.6 Å². The number of nitrogens with zero attached hydrogens (tertiary/aromatic N) is 2. The van der Waals surface area contributed by atoms with Crippen molar-refractivity contribution in [2.24, 2.45) is 0 Å². The van der Waals surface area contributed by atoms with Crippen molar-refractivity contribution >= 4 is 70.7 Å². The lowest BCUT2D eigenvalue weighted by Crippen LogP contribution is -2.29. The maximum absolute atomic E-state index is 13.9. The lowest BCUT2D eigenvalue weighted by atomic mass is 9.67. The van der Waals surface area contributed by atoms with E-state index in [1.165, 1.54) is 48.6 Å². The normalized spacial score (nSPS) is 13.6. The van der Waals surface area contributed by atoms with Crippen LogP contribution in [-0.2, 0) is 5.41 Å². The van der Waals surface area contributed by atoms with Gasteiger partial charge in [-0.25, -0.2) is 19.4 Å². The summed E-state index contributed by atoms with van der Waals surface area (Å²) >= 11 is 0. The average molecular weight is 1110 g/mol. The first kappa shape index (κ1) is 52.6. The van der Waals surface area contributed by atoms with Crippen LogP contribution >= 0.6 is 0 Å². The number of ketones is 2. The molecule has 2 aliphatic heterocycles. The molecule has 0 radical (unpaired) electrons. The van der Waals surface area contributed by atoms with Gasteiger partial charge >= 0.3 is 11.9 Å². The number of fused-ring (bicyclic) bond motifs is 5. The van der Waals surface area contributed by atoms with Gasteiger partial charge in [-0.3, -0.25) is 28.8 Å². The fraction of sp³-hybridized carbons (Fsp3) is 0.0137. The van der Waals surface area contributed by atoms with Gasteiger partial charge in [0.25, 0.3) is 23.6 Å². The number of rotatable bonds is 14. The molecule has 12 nitrogen and oxygen atoms in total. The summed E-state index contributed by atoms with van der Waals surface area (Å²) in [6.45, 7) is 0. The fourth-order valence-electron chi connectivity index (χ4n) is 11.3. The minimum atomic E-state index is -0.910. The number of anilines is 2. The number of benzene rings is 10. The summed E-state index contributed by atoms with van der Waals surface area (Å²) in [6, 6.07) is 70.1. The topological polar surface area (TPSA) is 161 Å². The van der Waals surface area contributed by atoms with Gasteiger partial charge in [0, 0.05) is 11.1 Å². The van der Waals surface area contributed by atoms with E-state index in [9.17, 15) is 38.4 Å². The van der Waals surface area contributed by atoms with Crippen LogP contribution in [0.25, 0.3) is 23.3 Å². The molecule has 0 bridgehead atoms. The van der Waals surface area contributed by atoms with Crippen LogP contribution in [-0.4, -0.2) is 47.1 Å². The summed E-state index contributed by atoms with van der Waals surface area (Å²) in [4.78, 5) is 110. The highest BCUT2D eigenvalue weighted by Gasteiger charge is 2.46. The van der Waals surface area contributed by atoms with Crippen molar-refractivity contribution < 1.29 is 47.8 Å². The molecule has 1 aliphatic carbocycles. The number of hydrogen-bond acceptors (Lipinski definition) is 10. The van der Waals surface area contributed by atoms with Crippen molar-refractivity contribution in [3.05, 3.63) is 333 Å². The molecular weight excluding hydrogens is 1060 g/mol. The predicted octanol–water partition coefficient (Wildman–Crippen LogP) is 13.9. The van der Waals surface area contributed by atoms with Gasteiger partial charge in [0.15, 0.2) is 11.6 Å². The molecule has 13 rings (SSSR count). The first-order chi connectivity index (χ1) is 41.4. The van der Waals surface area contributed by atoms with Crippen LogP contribution in [0.2, 0.25) is 0 Å². The molecule has 3 aliphatic rings. The van der Waals surface area contributed by atoms with Gasteiger partial charge in [-0.15, -0.1) is 0 Å². The molecule has 0 aromatic heterocycles. The SMILES string of the molecule is O=C(/C=C/c1ccc(N2C(=O)c3ccc(OC(=O)c4ccc(C5(c6ccc(OC(=O)c7ccc8c(c7)C(=O)N(c7ccc(/C=C/C(=O)c9ccccc9)cc7)C8=O)cc6)c6ccccc6-c6ccccc65)cc4)cc3C2=O)cc1)c1ccccc1. The number of imide groups is 2. The Morgan fingerprint density at radius 1 is 0.329 bits per heavy atom. The summed E-state index contributed by atoms with van der Waals surface area (Å²) in [6.07, 6.45) is 6.24. The zero-order chi connectivity index (χ0) is 58.3. The number of carbonyl (C=O) groups excluding carboxylic acids is 8. The Labute approximate surface area is 486 Å². The molecule has 10 aromatic carbocycles. The van der Waals surface area contributed by atoms with Gasteiger partial charge in [-0.2, -0.15) is 0 Å². The standard InChI is InChI=1S/C73H44N2O10/c76-65(47-11-3-1-4-12-47)41-23-45-19-32-53(33-20-45)74-67(78)59-39-27-50(43-61(59)69(74)80)72(83)84-55-36-30-52(31-37-55)73(63-17-9-7-15-57(63)58-16-8-10-18-64(58)73)51-28-25-49(26-29-51)71(82)85-56-38-40-60-62(44-56)70(81)75(68(60)79)54-34-21-46(22-35-54)24-42-66(77)48-13-5-2-6-14-48/h1-44H/b41-23+,42-24+. The number of carbonyl (C=O) groups is 8. The highest BCUT2D eigenvalue weighted by atomic mass is 16.5. The van der Waals surface area contributed by atoms with E-state index < -0.39 is 41.0 Å². The minimum Gasteiger partial charge on any atom is -0.423 e.